The van der Waals surface area contributed by atoms with Crippen molar-refractivity contribution in [1.29, 1.82) is 0 Å². The second-order valence-corrected chi connectivity index (χ2v) is 8.52. The smallest absolute Gasteiger partial charge is 0.276 e. The lowest BCUT2D eigenvalue weighted by atomic mass is 10.2. The van der Waals surface area contributed by atoms with Gasteiger partial charge in [0.15, 0.2) is 15.5 Å². The van der Waals surface area contributed by atoms with E-state index in [-0.39, 0.29) is 29.1 Å². The van der Waals surface area contributed by atoms with E-state index in [2.05, 4.69) is 10.3 Å². The molecule has 1 aliphatic rings. The van der Waals surface area contributed by atoms with Crippen LogP contribution in [-0.2, 0) is 16.4 Å². The number of nitrogens with zero attached hydrogens (tertiary/aromatic N) is 4. The van der Waals surface area contributed by atoms with Crippen LogP contribution in [0.2, 0.25) is 0 Å². The van der Waals surface area contributed by atoms with Crippen molar-refractivity contribution in [2.75, 3.05) is 18.1 Å². The number of benzene rings is 1. The Hall–Kier alpha value is -2.48. The lowest BCUT2D eigenvalue weighted by Gasteiger charge is -2.25. The molecule has 1 saturated heterocycles. The first-order valence-electron chi connectivity index (χ1n) is 8.61. The second kappa shape index (κ2) is 7.82. The molecule has 138 valence electrons. The number of hydrogen-bond acceptors (Lipinski definition) is 5. The minimum Gasteiger partial charge on any atom is -0.333 e. The number of amides is 1. The van der Waals surface area contributed by atoms with E-state index in [0.717, 1.165) is 5.56 Å². The van der Waals surface area contributed by atoms with E-state index in [1.807, 2.05) is 49.4 Å². The molecule has 1 aromatic carbocycles. The van der Waals surface area contributed by atoms with E-state index in [0.29, 0.717) is 19.5 Å². The first-order valence-corrected chi connectivity index (χ1v) is 10.4. The zero-order valence-corrected chi connectivity index (χ0v) is 15.5. The Balaban J connectivity index is 1.64. The Kier molecular flexibility index (Phi) is 5.51. The third-order valence-electron chi connectivity index (χ3n) is 4.41. The fourth-order valence-electron chi connectivity index (χ4n) is 3.08. The Morgan fingerprint density at radius 3 is 2.77 bits per heavy atom. The molecule has 1 amide bonds. The van der Waals surface area contributed by atoms with Gasteiger partial charge in [0, 0.05) is 12.6 Å². The van der Waals surface area contributed by atoms with Crippen LogP contribution in [0.25, 0.3) is 6.08 Å². The quantitative estimate of drug-likeness (QED) is 0.767. The van der Waals surface area contributed by atoms with Crippen LogP contribution in [0.15, 0.2) is 42.6 Å². The Morgan fingerprint density at radius 1 is 1.35 bits per heavy atom. The predicted octanol–water partition coefficient (Wildman–Crippen LogP) is 1.64. The third-order valence-corrected chi connectivity index (χ3v) is 6.16. The molecule has 0 radical (unpaired) electrons. The van der Waals surface area contributed by atoms with Crippen molar-refractivity contribution >= 4 is 21.8 Å². The van der Waals surface area contributed by atoms with Crippen LogP contribution in [0.3, 0.4) is 0 Å². The summed E-state index contributed by atoms with van der Waals surface area (Å²) in [5, 5.41) is 7.95. The number of aromatic nitrogens is 3. The molecule has 2 heterocycles. The summed E-state index contributed by atoms with van der Waals surface area (Å²) in [5.41, 5.74) is 1.33. The highest BCUT2D eigenvalue weighted by molar-refractivity contribution is 7.91. The van der Waals surface area contributed by atoms with Crippen LogP contribution >= 0.6 is 0 Å². The largest absolute Gasteiger partial charge is 0.333 e. The van der Waals surface area contributed by atoms with E-state index in [9.17, 15) is 13.2 Å². The summed E-state index contributed by atoms with van der Waals surface area (Å²) >= 11 is 0. The van der Waals surface area contributed by atoms with Crippen molar-refractivity contribution in [3.05, 3.63) is 53.9 Å². The lowest BCUT2D eigenvalue weighted by molar-refractivity contribution is 0.0702. The molecule has 3 rings (SSSR count). The molecule has 1 fully saturated rings. The van der Waals surface area contributed by atoms with Crippen LogP contribution in [-0.4, -0.2) is 58.3 Å². The van der Waals surface area contributed by atoms with E-state index in [1.54, 1.807) is 15.8 Å². The highest BCUT2D eigenvalue weighted by atomic mass is 32.2. The van der Waals surface area contributed by atoms with Gasteiger partial charge in [-0.25, -0.2) is 13.1 Å². The van der Waals surface area contributed by atoms with Gasteiger partial charge in [0.25, 0.3) is 5.91 Å². The molecule has 1 aliphatic heterocycles. The predicted molar refractivity (Wildman–Crippen MR) is 99.3 cm³/mol. The highest BCUT2D eigenvalue weighted by Crippen LogP contribution is 2.19. The monoisotopic (exact) mass is 374 g/mol. The summed E-state index contributed by atoms with van der Waals surface area (Å²) in [7, 11) is -3.04. The average molecular weight is 374 g/mol. The number of carbonyl (C=O) groups excluding carboxylic acids is 1. The molecule has 0 spiro atoms. The van der Waals surface area contributed by atoms with E-state index in [4.69, 9.17) is 0 Å². The Morgan fingerprint density at radius 2 is 2.12 bits per heavy atom. The molecule has 26 heavy (non-hydrogen) atoms. The van der Waals surface area contributed by atoms with Crippen LogP contribution < -0.4 is 0 Å². The first-order chi connectivity index (χ1) is 12.5. The van der Waals surface area contributed by atoms with Crippen molar-refractivity contribution in [2.24, 2.45) is 0 Å². The summed E-state index contributed by atoms with van der Waals surface area (Å²) < 4.78 is 25.0. The van der Waals surface area contributed by atoms with Crippen molar-refractivity contribution in [2.45, 2.75) is 25.9 Å². The zero-order chi connectivity index (χ0) is 18.6. The third kappa shape index (κ3) is 4.37. The van der Waals surface area contributed by atoms with Gasteiger partial charge >= 0.3 is 0 Å². The molecule has 1 unspecified atom stereocenters. The molecule has 2 aromatic rings. The summed E-state index contributed by atoms with van der Waals surface area (Å²) in [5.74, 6) is -0.105. The Labute approximate surface area is 153 Å². The van der Waals surface area contributed by atoms with Gasteiger partial charge in [0.05, 0.1) is 24.2 Å². The summed E-state index contributed by atoms with van der Waals surface area (Å²) in [6.45, 7) is 2.79. The molecule has 0 N–H and O–H groups in total. The van der Waals surface area contributed by atoms with Gasteiger partial charge in [-0.3, -0.25) is 4.79 Å². The fourth-order valence-corrected chi connectivity index (χ4v) is 4.81. The Bertz CT molecular complexity index is 890. The van der Waals surface area contributed by atoms with E-state index >= 15 is 0 Å². The van der Waals surface area contributed by atoms with Crippen LogP contribution in [0.4, 0.5) is 0 Å². The summed E-state index contributed by atoms with van der Waals surface area (Å²) in [6.07, 6.45) is 6.00. The summed E-state index contributed by atoms with van der Waals surface area (Å²) in [6, 6.07) is 9.62. The maximum Gasteiger partial charge on any atom is 0.276 e. The number of carbonyl (C=O) groups is 1. The second-order valence-electron chi connectivity index (χ2n) is 6.29. The van der Waals surface area contributed by atoms with Crippen LogP contribution in [0.1, 0.15) is 29.4 Å². The normalized spacial score (nSPS) is 19.0. The van der Waals surface area contributed by atoms with Crippen LogP contribution in [0.5, 0.6) is 0 Å². The zero-order valence-electron chi connectivity index (χ0n) is 14.7. The average Bonchev–Trinajstić information content (AvgIpc) is 3.23. The van der Waals surface area contributed by atoms with E-state index < -0.39 is 9.84 Å². The molecule has 0 aliphatic carbocycles. The topological polar surface area (TPSA) is 85.2 Å². The SMILES string of the molecule is CCN(C(=O)c1cn(C/C=C/c2ccccc2)nn1)C1CCS(=O)(=O)C1. The fraction of sp³-hybridized carbons (Fsp3) is 0.389. The molecule has 1 aromatic heterocycles. The molecule has 0 saturated carbocycles. The number of sulfone groups is 1. The minimum atomic E-state index is -3.04. The van der Waals surface area contributed by atoms with Gasteiger partial charge in [-0.1, -0.05) is 47.7 Å². The maximum absolute atomic E-state index is 12.7. The molecule has 7 nitrogen and oxygen atoms in total. The minimum absolute atomic E-state index is 0.0283. The molecular weight excluding hydrogens is 352 g/mol. The maximum atomic E-state index is 12.7. The van der Waals surface area contributed by atoms with Crippen LogP contribution in [0, 0.1) is 0 Å². The first kappa shape index (κ1) is 18.3. The van der Waals surface area contributed by atoms with Crippen molar-refractivity contribution in [1.82, 2.24) is 19.9 Å². The van der Waals surface area contributed by atoms with Gasteiger partial charge < -0.3 is 4.90 Å². The number of allylic oxidation sites excluding steroid dienone is 1. The number of rotatable bonds is 6. The highest BCUT2D eigenvalue weighted by Gasteiger charge is 2.34. The van der Waals surface area contributed by atoms with Gasteiger partial charge in [0.1, 0.15) is 0 Å². The van der Waals surface area contributed by atoms with Gasteiger partial charge in [-0.15, -0.1) is 5.10 Å². The lowest BCUT2D eigenvalue weighted by Crippen LogP contribution is -2.41. The van der Waals surface area contributed by atoms with E-state index in [1.165, 1.54) is 0 Å². The van der Waals surface area contributed by atoms with Crippen molar-refractivity contribution < 1.29 is 13.2 Å². The summed E-state index contributed by atoms with van der Waals surface area (Å²) in [4.78, 5) is 14.3. The van der Waals surface area contributed by atoms with Gasteiger partial charge in [-0.05, 0) is 18.9 Å². The molecule has 0 bridgehead atoms. The molecule has 1 atom stereocenters. The standard InChI is InChI=1S/C18H22N4O3S/c1-2-22(16-10-12-26(24,25)14-16)18(23)17-13-21(20-19-17)11-6-9-15-7-4-3-5-8-15/h3-9,13,16H,2,10-12,14H2,1H3/b9-6+. The van der Waals surface area contributed by atoms with Crippen molar-refractivity contribution in [3.63, 3.8) is 0 Å². The number of hydrogen-bond donors (Lipinski definition) is 0. The molecule has 8 heteroatoms. The molecular formula is C18H22N4O3S. The van der Waals surface area contributed by atoms with Gasteiger partial charge in [-0.2, -0.15) is 0 Å². The van der Waals surface area contributed by atoms with Gasteiger partial charge in [0.2, 0.25) is 0 Å². The van der Waals surface area contributed by atoms with Crippen molar-refractivity contribution in [3.8, 4) is 0 Å².